The molecule has 1 atom stereocenters. The minimum atomic E-state index is 0.384. The Morgan fingerprint density at radius 2 is 2.33 bits per heavy atom. The second kappa shape index (κ2) is 4.38. The summed E-state index contributed by atoms with van der Waals surface area (Å²) in [5.41, 5.74) is 2.37. The lowest BCUT2D eigenvalue weighted by molar-refractivity contribution is 0.655. The van der Waals surface area contributed by atoms with Crippen molar-refractivity contribution in [2.24, 2.45) is 4.99 Å². The molecule has 0 aliphatic heterocycles. The highest BCUT2D eigenvalue weighted by Gasteiger charge is 2.07. The Balaban J connectivity index is 2.90. The molecule has 66 valence electrons. The van der Waals surface area contributed by atoms with Gasteiger partial charge in [-0.2, -0.15) is 0 Å². The van der Waals surface area contributed by atoms with Crippen molar-refractivity contribution in [3.05, 3.63) is 16.3 Å². The van der Waals surface area contributed by atoms with Crippen LogP contribution in [0.25, 0.3) is 0 Å². The van der Waals surface area contributed by atoms with E-state index < -0.39 is 0 Å². The fraction of sp³-hybridized carbons (Fsp3) is 0.444. The van der Waals surface area contributed by atoms with Gasteiger partial charge < -0.3 is 5.32 Å². The summed E-state index contributed by atoms with van der Waals surface area (Å²) in [5.74, 6) is 0. The lowest BCUT2D eigenvalue weighted by Gasteiger charge is -2.08. The molecule has 3 heteroatoms. The van der Waals surface area contributed by atoms with Crippen molar-refractivity contribution in [1.29, 1.82) is 0 Å². The van der Waals surface area contributed by atoms with Gasteiger partial charge in [0, 0.05) is 23.2 Å². The topological polar surface area (TPSA) is 24.4 Å². The first-order valence-electron chi connectivity index (χ1n) is 4.01. The van der Waals surface area contributed by atoms with Crippen LogP contribution < -0.4 is 5.32 Å². The molecule has 0 radical (unpaired) electrons. The first kappa shape index (κ1) is 9.42. The maximum absolute atomic E-state index is 4.28. The third-order valence-electron chi connectivity index (χ3n) is 1.84. The lowest BCUT2D eigenvalue weighted by Crippen LogP contribution is -2.11. The predicted octanol–water partition coefficient (Wildman–Crippen LogP) is 2.75. The molecule has 12 heavy (non-hydrogen) atoms. The molecule has 1 aromatic heterocycles. The zero-order chi connectivity index (χ0) is 8.97. The van der Waals surface area contributed by atoms with Crippen LogP contribution in [0.1, 0.15) is 25.5 Å². The van der Waals surface area contributed by atoms with Crippen molar-refractivity contribution < 1.29 is 0 Å². The molecule has 0 bridgehead atoms. The molecular weight excluding hydrogens is 168 g/mol. The summed E-state index contributed by atoms with van der Waals surface area (Å²) < 4.78 is 0. The van der Waals surface area contributed by atoms with E-state index in [0.29, 0.717) is 6.04 Å². The molecule has 0 saturated heterocycles. The number of nitrogens with one attached hydrogen (secondary N) is 1. The number of aliphatic imine (C=N–C) groups is 1. The van der Waals surface area contributed by atoms with Crippen LogP contribution in [0.3, 0.4) is 0 Å². The van der Waals surface area contributed by atoms with Crippen molar-refractivity contribution in [3.8, 4) is 0 Å². The fourth-order valence-electron chi connectivity index (χ4n) is 1.02. The number of hydrogen-bond acceptors (Lipinski definition) is 3. The monoisotopic (exact) mass is 182 g/mol. The Labute approximate surface area is 77.3 Å². The van der Waals surface area contributed by atoms with E-state index in [4.69, 9.17) is 0 Å². The second-order valence-corrected chi connectivity index (χ2v) is 3.35. The Bertz CT molecular complexity index is 265. The van der Waals surface area contributed by atoms with Crippen LogP contribution in [0.4, 0.5) is 5.69 Å². The first-order valence-corrected chi connectivity index (χ1v) is 4.96. The van der Waals surface area contributed by atoms with Crippen molar-refractivity contribution in [2.75, 3.05) is 7.05 Å². The molecule has 0 aromatic carbocycles. The van der Waals surface area contributed by atoms with Gasteiger partial charge >= 0.3 is 0 Å². The average Bonchev–Trinajstić information content (AvgIpc) is 2.52. The molecule has 0 spiro atoms. The maximum Gasteiger partial charge on any atom is 0.0780 e. The molecule has 1 heterocycles. The van der Waals surface area contributed by atoms with Crippen molar-refractivity contribution in [2.45, 2.75) is 19.9 Å². The zero-order valence-corrected chi connectivity index (χ0v) is 8.48. The third-order valence-corrected chi connectivity index (χ3v) is 2.59. The molecule has 1 rings (SSSR count). The van der Waals surface area contributed by atoms with Crippen LogP contribution in [-0.2, 0) is 0 Å². The Hall–Kier alpha value is -0.670. The van der Waals surface area contributed by atoms with Crippen LogP contribution in [0, 0.1) is 0 Å². The number of rotatable bonds is 3. The standard InChI is InChI=1S/C9H14N2S/c1-4-11-9-6-12-5-8(9)7(2)10-3/h4-7,10H,1-3H3. The van der Waals surface area contributed by atoms with Gasteiger partial charge in [0.15, 0.2) is 0 Å². The van der Waals surface area contributed by atoms with Crippen LogP contribution in [0.15, 0.2) is 15.8 Å². The molecule has 0 fully saturated rings. The predicted molar refractivity (Wildman–Crippen MR) is 55.6 cm³/mol. The van der Waals surface area contributed by atoms with E-state index in [0.717, 1.165) is 5.69 Å². The second-order valence-electron chi connectivity index (χ2n) is 2.61. The van der Waals surface area contributed by atoms with Gasteiger partial charge in [-0.1, -0.05) is 0 Å². The summed E-state index contributed by atoms with van der Waals surface area (Å²) in [5, 5.41) is 7.41. The number of thiophene rings is 1. The van der Waals surface area contributed by atoms with Gasteiger partial charge in [-0.05, 0) is 26.3 Å². The molecule has 1 N–H and O–H groups in total. The van der Waals surface area contributed by atoms with Gasteiger partial charge in [-0.3, -0.25) is 4.99 Å². The van der Waals surface area contributed by atoms with Crippen LogP contribution in [-0.4, -0.2) is 13.3 Å². The maximum atomic E-state index is 4.28. The van der Waals surface area contributed by atoms with Crippen LogP contribution in [0.2, 0.25) is 0 Å². The summed E-state index contributed by atoms with van der Waals surface area (Å²) in [6.07, 6.45) is 1.83. The molecular formula is C9H14N2S. The molecule has 0 amide bonds. The summed E-state index contributed by atoms with van der Waals surface area (Å²) in [6.45, 7) is 4.07. The molecule has 1 aromatic rings. The van der Waals surface area contributed by atoms with Crippen molar-refractivity contribution >= 4 is 23.2 Å². The normalized spacial score (nSPS) is 13.9. The molecule has 0 aliphatic rings. The van der Waals surface area contributed by atoms with Crippen molar-refractivity contribution in [1.82, 2.24) is 5.32 Å². The van der Waals surface area contributed by atoms with Gasteiger partial charge in [-0.25, -0.2) is 0 Å². The van der Waals surface area contributed by atoms with Gasteiger partial charge in [-0.15, -0.1) is 11.3 Å². The largest absolute Gasteiger partial charge is 0.313 e. The zero-order valence-electron chi connectivity index (χ0n) is 7.66. The van der Waals surface area contributed by atoms with Gasteiger partial charge in [0.25, 0.3) is 0 Å². The minimum Gasteiger partial charge on any atom is -0.313 e. The lowest BCUT2D eigenvalue weighted by atomic mass is 10.1. The van der Waals surface area contributed by atoms with E-state index in [9.17, 15) is 0 Å². The SMILES string of the molecule is CC=Nc1cscc1C(C)NC. The summed E-state index contributed by atoms with van der Waals surface area (Å²) >= 11 is 1.70. The summed E-state index contributed by atoms with van der Waals surface area (Å²) in [7, 11) is 1.96. The Kier molecular flexibility index (Phi) is 3.44. The third kappa shape index (κ3) is 1.93. The number of hydrogen-bond donors (Lipinski definition) is 1. The number of nitrogens with zero attached hydrogens (tertiary/aromatic N) is 1. The van der Waals surface area contributed by atoms with E-state index in [-0.39, 0.29) is 0 Å². The molecule has 0 aliphatic carbocycles. The average molecular weight is 182 g/mol. The highest BCUT2D eigenvalue weighted by molar-refractivity contribution is 7.08. The van der Waals surface area contributed by atoms with Gasteiger partial charge in [0.05, 0.1) is 5.69 Å². The molecule has 1 unspecified atom stereocenters. The smallest absolute Gasteiger partial charge is 0.0780 e. The van der Waals surface area contributed by atoms with E-state index in [2.05, 4.69) is 28.0 Å². The highest BCUT2D eigenvalue weighted by atomic mass is 32.1. The van der Waals surface area contributed by atoms with Gasteiger partial charge in [0.1, 0.15) is 0 Å². The summed E-state index contributed by atoms with van der Waals surface area (Å²) in [4.78, 5) is 4.28. The Morgan fingerprint density at radius 1 is 1.58 bits per heavy atom. The van der Waals surface area contributed by atoms with Crippen molar-refractivity contribution in [3.63, 3.8) is 0 Å². The molecule has 0 saturated carbocycles. The van der Waals surface area contributed by atoms with E-state index in [1.54, 1.807) is 11.3 Å². The quantitative estimate of drug-likeness (QED) is 0.714. The van der Waals surface area contributed by atoms with E-state index >= 15 is 0 Å². The highest BCUT2D eigenvalue weighted by Crippen LogP contribution is 2.28. The minimum absolute atomic E-state index is 0.384. The first-order chi connectivity index (χ1) is 5.79. The summed E-state index contributed by atoms with van der Waals surface area (Å²) in [6, 6.07) is 0.384. The van der Waals surface area contributed by atoms with Gasteiger partial charge in [0.2, 0.25) is 0 Å². The molecule has 2 nitrogen and oxygen atoms in total. The Morgan fingerprint density at radius 3 is 2.92 bits per heavy atom. The fourth-order valence-corrected chi connectivity index (χ4v) is 1.89. The van der Waals surface area contributed by atoms with Crippen LogP contribution in [0.5, 0.6) is 0 Å². The van der Waals surface area contributed by atoms with E-state index in [1.165, 1.54) is 5.56 Å². The van der Waals surface area contributed by atoms with E-state index in [1.807, 2.05) is 20.2 Å². The van der Waals surface area contributed by atoms with Crippen LogP contribution >= 0.6 is 11.3 Å².